The Morgan fingerprint density at radius 3 is 2.53 bits per heavy atom. The van der Waals surface area contributed by atoms with Gasteiger partial charge in [-0.15, -0.1) is 0 Å². The Kier molecular flexibility index (Phi) is 7.36. The number of ether oxygens (including phenoxy) is 1. The number of anilines is 1. The number of sulfonamides is 1. The van der Waals surface area contributed by atoms with Crippen molar-refractivity contribution in [3.8, 4) is 0 Å². The maximum absolute atomic E-state index is 12.9. The highest BCUT2D eigenvalue weighted by atomic mass is 35.5. The molecule has 1 saturated heterocycles. The van der Waals surface area contributed by atoms with Crippen LogP contribution in [0.1, 0.15) is 21.5 Å². The third-order valence-corrected chi connectivity index (χ3v) is 6.92. The van der Waals surface area contributed by atoms with Gasteiger partial charge in [0.15, 0.2) is 0 Å². The predicted octanol–water partition coefficient (Wildman–Crippen LogP) is 2.82. The first-order valence-electron chi connectivity index (χ1n) is 9.74. The summed E-state index contributed by atoms with van der Waals surface area (Å²) in [6, 6.07) is 9.52. The van der Waals surface area contributed by atoms with Crippen molar-refractivity contribution in [1.82, 2.24) is 10.2 Å². The standard InChI is InChI=1S/C21H26ClN3O4S/c1-15-3-5-18(13-16(15)2)24-30(27,28)20-14-17(4-6-19(20)22)21(26)23-7-8-25-9-11-29-12-10-25/h3-6,13-14,24H,7-12H2,1-2H3,(H,23,26). The highest BCUT2D eigenvalue weighted by Crippen LogP contribution is 2.26. The van der Waals surface area contributed by atoms with E-state index in [1.54, 1.807) is 12.1 Å². The van der Waals surface area contributed by atoms with Crippen LogP contribution >= 0.6 is 11.6 Å². The highest BCUT2D eigenvalue weighted by Gasteiger charge is 2.21. The molecular formula is C21H26ClN3O4S. The fourth-order valence-corrected chi connectivity index (χ4v) is 4.70. The van der Waals surface area contributed by atoms with E-state index in [0.717, 1.165) is 24.2 Å². The van der Waals surface area contributed by atoms with Crippen LogP contribution in [-0.4, -0.2) is 58.6 Å². The molecule has 0 atom stereocenters. The second kappa shape index (κ2) is 9.78. The maximum Gasteiger partial charge on any atom is 0.263 e. The van der Waals surface area contributed by atoms with Crippen molar-refractivity contribution in [2.45, 2.75) is 18.7 Å². The Balaban J connectivity index is 1.69. The fourth-order valence-electron chi connectivity index (χ4n) is 3.12. The lowest BCUT2D eigenvalue weighted by Gasteiger charge is -2.26. The van der Waals surface area contributed by atoms with Gasteiger partial charge in [-0.2, -0.15) is 0 Å². The van der Waals surface area contributed by atoms with Gasteiger partial charge in [-0.25, -0.2) is 8.42 Å². The van der Waals surface area contributed by atoms with Crippen molar-refractivity contribution >= 4 is 33.2 Å². The van der Waals surface area contributed by atoms with Crippen LogP contribution in [-0.2, 0) is 14.8 Å². The topological polar surface area (TPSA) is 87.7 Å². The van der Waals surface area contributed by atoms with Crippen molar-refractivity contribution in [1.29, 1.82) is 0 Å². The molecule has 9 heteroatoms. The smallest absolute Gasteiger partial charge is 0.263 e. The third-order valence-electron chi connectivity index (χ3n) is 5.06. The minimum absolute atomic E-state index is 0.0520. The van der Waals surface area contributed by atoms with Crippen molar-refractivity contribution < 1.29 is 17.9 Å². The van der Waals surface area contributed by atoms with E-state index in [1.807, 2.05) is 19.9 Å². The van der Waals surface area contributed by atoms with Gasteiger partial charge in [-0.1, -0.05) is 17.7 Å². The number of halogens is 1. The van der Waals surface area contributed by atoms with Crippen LogP contribution in [0.25, 0.3) is 0 Å². The molecule has 0 aromatic heterocycles. The Morgan fingerprint density at radius 2 is 1.83 bits per heavy atom. The van der Waals surface area contributed by atoms with Gasteiger partial charge in [0.25, 0.3) is 15.9 Å². The lowest BCUT2D eigenvalue weighted by atomic mass is 10.1. The number of nitrogens with zero attached hydrogens (tertiary/aromatic N) is 1. The zero-order valence-corrected chi connectivity index (χ0v) is 18.6. The number of morpholine rings is 1. The minimum Gasteiger partial charge on any atom is -0.379 e. The molecule has 0 spiro atoms. The summed E-state index contributed by atoms with van der Waals surface area (Å²) in [6.45, 7) is 8.09. The zero-order valence-electron chi connectivity index (χ0n) is 17.1. The lowest BCUT2D eigenvalue weighted by Crippen LogP contribution is -2.41. The predicted molar refractivity (Wildman–Crippen MR) is 118 cm³/mol. The summed E-state index contributed by atoms with van der Waals surface area (Å²) in [5, 5.41) is 2.88. The summed E-state index contributed by atoms with van der Waals surface area (Å²) in [7, 11) is -3.95. The Hall–Kier alpha value is -2.13. The second-order valence-corrected chi connectivity index (χ2v) is 9.32. The molecule has 0 unspecified atom stereocenters. The first-order valence-corrected chi connectivity index (χ1v) is 11.6. The number of hydrogen-bond acceptors (Lipinski definition) is 5. The van der Waals surface area contributed by atoms with Crippen LogP contribution in [0.2, 0.25) is 5.02 Å². The summed E-state index contributed by atoms with van der Waals surface area (Å²) >= 11 is 6.14. The van der Waals surface area contributed by atoms with Crippen molar-refractivity contribution in [3.05, 3.63) is 58.1 Å². The van der Waals surface area contributed by atoms with E-state index in [0.29, 0.717) is 32.0 Å². The van der Waals surface area contributed by atoms with E-state index in [9.17, 15) is 13.2 Å². The molecule has 3 rings (SSSR count). The highest BCUT2D eigenvalue weighted by molar-refractivity contribution is 7.92. The largest absolute Gasteiger partial charge is 0.379 e. The van der Waals surface area contributed by atoms with Gasteiger partial charge in [0.2, 0.25) is 0 Å². The number of nitrogens with one attached hydrogen (secondary N) is 2. The quantitative estimate of drug-likeness (QED) is 0.675. The average Bonchev–Trinajstić information content (AvgIpc) is 2.71. The summed E-state index contributed by atoms with van der Waals surface area (Å²) in [5.74, 6) is -0.345. The van der Waals surface area contributed by atoms with Crippen molar-refractivity contribution in [3.63, 3.8) is 0 Å². The van der Waals surface area contributed by atoms with Gasteiger partial charge in [-0.3, -0.25) is 14.4 Å². The molecule has 1 aliphatic rings. The SMILES string of the molecule is Cc1ccc(NS(=O)(=O)c2cc(C(=O)NCCN3CCOCC3)ccc2Cl)cc1C. The van der Waals surface area contributed by atoms with Gasteiger partial charge in [-0.05, 0) is 55.3 Å². The molecule has 30 heavy (non-hydrogen) atoms. The number of hydrogen-bond donors (Lipinski definition) is 2. The van der Waals surface area contributed by atoms with E-state index in [-0.39, 0.29) is 21.4 Å². The molecule has 2 aromatic rings. The van der Waals surface area contributed by atoms with E-state index < -0.39 is 10.0 Å². The van der Waals surface area contributed by atoms with Crippen molar-refractivity contribution in [2.75, 3.05) is 44.1 Å². The molecule has 2 aromatic carbocycles. The summed E-state index contributed by atoms with van der Waals surface area (Å²) in [6.07, 6.45) is 0. The molecule has 1 aliphatic heterocycles. The summed E-state index contributed by atoms with van der Waals surface area (Å²) in [4.78, 5) is 14.6. The first-order chi connectivity index (χ1) is 14.3. The van der Waals surface area contributed by atoms with Crippen LogP contribution in [0.5, 0.6) is 0 Å². The molecule has 1 fully saturated rings. The first kappa shape index (κ1) is 22.6. The van der Waals surface area contributed by atoms with E-state index in [1.165, 1.54) is 18.2 Å². The number of amides is 1. The molecule has 1 amide bonds. The number of carbonyl (C=O) groups is 1. The molecule has 2 N–H and O–H groups in total. The van der Waals surface area contributed by atoms with Crippen LogP contribution in [0.15, 0.2) is 41.3 Å². The fraction of sp³-hybridized carbons (Fsp3) is 0.381. The Labute approximate surface area is 182 Å². The zero-order chi connectivity index (χ0) is 21.7. The molecule has 7 nitrogen and oxygen atoms in total. The molecule has 0 aliphatic carbocycles. The monoisotopic (exact) mass is 451 g/mol. The van der Waals surface area contributed by atoms with E-state index in [4.69, 9.17) is 16.3 Å². The molecule has 0 saturated carbocycles. The van der Waals surface area contributed by atoms with Crippen LogP contribution < -0.4 is 10.0 Å². The van der Waals surface area contributed by atoms with Gasteiger partial charge in [0, 0.05) is 37.4 Å². The van der Waals surface area contributed by atoms with Crippen LogP contribution in [0.3, 0.4) is 0 Å². The number of aryl methyl sites for hydroxylation is 2. The van der Waals surface area contributed by atoms with Crippen LogP contribution in [0, 0.1) is 13.8 Å². The Bertz CT molecular complexity index is 1020. The summed E-state index contributed by atoms with van der Waals surface area (Å²) < 4.78 is 33.6. The van der Waals surface area contributed by atoms with Crippen LogP contribution in [0.4, 0.5) is 5.69 Å². The maximum atomic E-state index is 12.9. The Morgan fingerprint density at radius 1 is 1.10 bits per heavy atom. The van der Waals surface area contributed by atoms with Gasteiger partial charge < -0.3 is 10.1 Å². The number of rotatable bonds is 7. The summed E-state index contributed by atoms with van der Waals surface area (Å²) in [5.41, 5.74) is 2.71. The van der Waals surface area contributed by atoms with Gasteiger partial charge in [0.1, 0.15) is 4.90 Å². The van der Waals surface area contributed by atoms with Crippen molar-refractivity contribution in [2.24, 2.45) is 0 Å². The lowest BCUT2D eigenvalue weighted by molar-refractivity contribution is 0.0383. The number of carbonyl (C=O) groups excluding carboxylic acids is 1. The minimum atomic E-state index is -3.95. The van der Waals surface area contributed by atoms with E-state index >= 15 is 0 Å². The molecule has 1 heterocycles. The molecular weight excluding hydrogens is 426 g/mol. The molecule has 0 radical (unpaired) electrons. The normalized spacial score (nSPS) is 15.0. The molecule has 0 bridgehead atoms. The third kappa shape index (κ3) is 5.72. The van der Waals surface area contributed by atoms with Gasteiger partial charge in [0.05, 0.1) is 18.2 Å². The second-order valence-electron chi connectivity index (χ2n) is 7.26. The van der Waals surface area contributed by atoms with Gasteiger partial charge >= 0.3 is 0 Å². The van der Waals surface area contributed by atoms with E-state index in [2.05, 4.69) is 14.9 Å². The molecule has 162 valence electrons. The number of benzene rings is 2. The average molecular weight is 452 g/mol.